The molecule has 140 valence electrons. The first-order chi connectivity index (χ1) is 12.5. The van der Waals surface area contributed by atoms with Crippen molar-refractivity contribution in [2.24, 2.45) is 5.41 Å². The predicted molar refractivity (Wildman–Crippen MR) is 111 cm³/mol. The highest BCUT2D eigenvalue weighted by Crippen LogP contribution is 2.31. The number of carbonyl (C=O) groups is 1. The zero-order chi connectivity index (χ0) is 20.4. The monoisotopic (exact) mass is 360 g/mol. The van der Waals surface area contributed by atoms with Crippen LogP contribution in [0, 0.1) is 44.4 Å². The summed E-state index contributed by atoms with van der Waals surface area (Å²) in [6, 6.07) is 14.1. The number of aryl methyl sites for hydroxylation is 3. The van der Waals surface area contributed by atoms with Gasteiger partial charge in [0.25, 0.3) is 5.91 Å². The lowest BCUT2D eigenvalue weighted by Gasteiger charge is -2.26. The number of carbonyl (C=O) groups excluding carboxylic acids is 1. The Balaban J connectivity index is 2.60. The van der Waals surface area contributed by atoms with Crippen molar-refractivity contribution in [3.63, 3.8) is 0 Å². The molecule has 2 aromatic carbocycles. The van der Waals surface area contributed by atoms with Gasteiger partial charge in [0, 0.05) is 16.7 Å². The van der Waals surface area contributed by atoms with E-state index in [4.69, 9.17) is 0 Å². The molecule has 0 saturated heterocycles. The van der Waals surface area contributed by atoms with E-state index in [1.807, 2.05) is 78.8 Å². The van der Waals surface area contributed by atoms with Gasteiger partial charge >= 0.3 is 0 Å². The lowest BCUT2D eigenvalue weighted by molar-refractivity contribution is 0.0957. The summed E-state index contributed by atoms with van der Waals surface area (Å²) in [6.07, 6.45) is 0. The smallest absolute Gasteiger partial charge is 0.255 e. The van der Waals surface area contributed by atoms with E-state index in [0.29, 0.717) is 16.8 Å². The third kappa shape index (κ3) is 4.65. The molecule has 0 bridgehead atoms. The number of nitrogens with one attached hydrogen (secondary N) is 1. The van der Waals surface area contributed by atoms with Gasteiger partial charge in [-0.2, -0.15) is 5.26 Å². The minimum Gasteiger partial charge on any atom is -0.324 e. The van der Waals surface area contributed by atoms with Gasteiger partial charge in [0.2, 0.25) is 0 Å². The zero-order valence-corrected chi connectivity index (χ0v) is 17.3. The number of benzene rings is 2. The summed E-state index contributed by atoms with van der Waals surface area (Å²) in [4.78, 5) is 13.0. The second-order valence-corrected chi connectivity index (χ2v) is 8.19. The maximum Gasteiger partial charge on any atom is 0.255 e. The van der Waals surface area contributed by atoms with Gasteiger partial charge in [0.15, 0.2) is 0 Å². The summed E-state index contributed by atoms with van der Waals surface area (Å²) >= 11 is 0. The SMILES string of the molecule is Cc1cc(C)cc(C(C#N)=C(NC(=O)c2cccc(C)c2C)C(C)(C)C)c1. The van der Waals surface area contributed by atoms with Crippen molar-refractivity contribution in [3.05, 3.63) is 75.5 Å². The molecule has 0 unspecified atom stereocenters. The van der Waals surface area contributed by atoms with Crippen molar-refractivity contribution < 1.29 is 4.79 Å². The van der Waals surface area contributed by atoms with E-state index in [0.717, 1.165) is 27.8 Å². The molecule has 0 fully saturated rings. The first-order valence-corrected chi connectivity index (χ1v) is 9.15. The van der Waals surface area contributed by atoms with Gasteiger partial charge < -0.3 is 5.32 Å². The molecule has 1 amide bonds. The van der Waals surface area contributed by atoms with Gasteiger partial charge in [0.1, 0.15) is 6.07 Å². The molecule has 3 heteroatoms. The van der Waals surface area contributed by atoms with Crippen LogP contribution in [0.5, 0.6) is 0 Å². The molecule has 0 atom stereocenters. The summed E-state index contributed by atoms with van der Waals surface area (Å²) in [5.74, 6) is -0.182. The van der Waals surface area contributed by atoms with Gasteiger partial charge in [-0.25, -0.2) is 0 Å². The Morgan fingerprint density at radius 3 is 2.11 bits per heavy atom. The van der Waals surface area contributed by atoms with Crippen LogP contribution in [0.4, 0.5) is 0 Å². The molecule has 0 saturated carbocycles. The Bertz CT molecular complexity index is 933. The molecule has 27 heavy (non-hydrogen) atoms. The largest absolute Gasteiger partial charge is 0.324 e. The van der Waals surface area contributed by atoms with Crippen LogP contribution in [0.3, 0.4) is 0 Å². The lowest BCUT2D eigenvalue weighted by atomic mass is 9.85. The molecule has 0 spiro atoms. The predicted octanol–water partition coefficient (Wildman–Crippen LogP) is 5.63. The highest BCUT2D eigenvalue weighted by Gasteiger charge is 2.25. The summed E-state index contributed by atoms with van der Waals surface area (Å²) in [5.41, 5.74) is 6.42. The van der Waals surface area contributed by atoms with Crippen LogP contribution in [0.1, 0.15) is 58.9 Å². The van der Waals surface area contributed by atoms with E-state index in [1.165, 1.54) is 0 Å². The average Bonchev–Trinajstić information content (AvgIpc) is 2.55. The molecule has 0 aliphatic rings. The van der Waals surface area contributed by atoms with Crippen LogP contribution in [0.15, 0.2) is 42.1 Å². The summed E-state index contributed by atoms with van der Waals surface area (Å²) in [7, 11) is 0. The minimum absolute atomic E-state index is 0.182. The Labute approximate surface area is 162 Å². The fourth-order valence-electron chi connectivity index (χ4n) is 3.19. The van der Waals surface area contributed by atoms with Gasteiger partial charge in [-0.3, -0.25) is 4.79 Å². The zero-order valence-electron chi connectivity index (χ0n) is 17.3. The maximum atomic E-state index is 13.0. The molecular weight excluding hydrogens is 332 g/mol. The van der Waals surface area contributed by atoms with Crippen molar-refractivity contribution >= 4 is 11.5 Å². The van der Waals surface area contributed by atoms with Gasteiger partial charge in [-0.05, 0) is 50.5 Å². The third-order valence-electron chi connectivity index (χ3n) is 4.71. The van der Waals surface area contributed by atoms with Crippen LogP contribution in [-0.2, 0) is 0 Å². The van der Waals surface area contributed by atoms with Crippen LogP contribution in [-0.4, -0.2) is 5.91 Å². The highest BCUT2D eigenvalue weighted by molar-refractivity contribution is 5.98. The Kier molecular flexibility index (Phi) is 5.91. The molecule has 0 heterocycles. The van der Waals surface area contributed by atoms with Crippen molar-refractivity contribution in [3.8, 4) is 6.07 Å². The van der Waals surface area contributed by atoms with Gasteiger partial charge in [0.05, 0.1) is 5.57 Å². The molecule has 0 aliphatic carbocycles. The van der Waals surface area contributed by atoms with E-state index >= 15 is 0 Å². The van der Waals surface area contributed by atoms with E-state index < -0.39 is 5.41 Å². The summed E-state index contributed by atoms with van der Waals surface area (Å²) in [6.45, 7) is 14.0. The molecule has 1 N–H and O–H groups in total. The fourth-order valence-corrected chi connectivity index (χ4v) is 3.19. The number of hydrogen-bond donors (Lipinski definition) is 1. The van der Waals surface area contributed by atoms with E-state index in [2.05, 4.69) is 17.5 Å². The molecule has 0 aromatic heterocycles. The van der Waals surface area contributed by atoms with Crippen LogP contribution < -0.4 is 5.32 Å². The van der Waals surface area contributed by atoms with Crippen molar-refractivity contribution in [2.45, 2.75) is 48.5 Å². The average molecular weight is 361 g/mol. The molecule has 0 radical (unpaired) electrons. The second-order valence-electron chi connectivity index (χ2n) is 8.19. The quantitative estimate of drug-likeness (QED) is 0.721. The maximum absolute atomic E-state index is 13.0. The van der Waals surface area contributed by atoms with Crippen molar-refractivity contribution in [2.75, 3.05) is 0 Å². The second kappa shape index (κ2) is 7.80. The number of rotatable bonds is 3. The first-order valence-electron chi connectivity index (χ1n) is 9.15. The fraction of sp³-hybridized carbons (Fsp3) is 0.333. The summed E-state index contributed by atoms with van der Waals surface area (Å²) in [5, 5.41) is 13.0. The summed E-state index contributed by atoms with van der Waals surface area (Å²) < 4.78 is 0. The number of nitrogens with zero attached hydrogens (tertiary/aromatic N) is 1. The van der Waals surface area contributed by atoms with Crippen LogP contribution >= 0.6 is 0 Å². The number of amides is 1. The topological polar surface area (TPSA) is 52.9 Å². The molecule has 2 aromatic rings. The highest BCUT2D eigenvalue weighted by atomic mass is 16.1. The van der Waals surface area contributed by atoms with E-state index in [9.17, 15) is 10.1 Å². The van der Waals surface area contributed by atoms with Crippen molar-refractivity contribution in [1.29, 1.82) is 5.26 Å². The first kappa shape index (κ1) is 20.5. The lowest BCUT2D eigenvalue weighted by Crippen LogP contribution is -2.31. The number of hydrogen-bond acceptors (Lipinski definition) is 2. The van der Waals surface area contributed by atoms with Gasteiger partial charge in [-0.1, -0.05) is 62.2 Å². The van der Waals surface area contributed by atoms with Crippen LogP contribution in [0.25, 0.3) is 5.57 Å². The third-order valence-corrected chi connectivity index (χ3v) is 4.71. The number of allylic oxidation sites excluding steroid dienone is 2. The van der Waals surface area contributed by atoms with Gasteiger partial charge in [-0.15, -0.1) is 0 Å². The standard InChI is InChI=1S/C24H28N2O/c1-15-11-16(2)13-19(12-15)21(14-25)22(24(5,6)7)26-23(27)20-10-8-9-17(3)18(20)4/h8-13H,1-7H3,(H,26,27). The molecule has 2 rings (SSSR count). The van der Waals surface area contributed by atoms with E-state index in [1.54, 1.807) is 0 Å². The Hall–Kier alpha value is -2.86. The molecule has 0 aliphatic heterocycles. The Morgan fingerprint density at radius 2 is 1.59 bits per heavy atom. The Morgan fingerprint density at radius 1 is 1.00 bits per heavy atom. The van der Waals surface area contributed by atoms with Crippen LogP contribution in [0.2, 0.25) is 0 Å². The normalized spacial score (nSPS) is 12.2. The molecule has 3 nitrogen and oxygen atoms in total. The van der Waals surface area contributed by atoms with Crippen molar-refractivity contribution in [1.82, 2.24) is 5.32 Å². The van der Waals surface area contributed by atoms with E-state index in [-0.39, 0.29) is 5.91 Å². The minimum atomic E-state index is -0.393. The number of nitriles is 1. The molecular formula is C24H28N2O.